The first kappa shape index (κ1) is 18.2. The molecule has 0 amide bonds. The minimum Gasteiger partial charge on any atom is -0.493 e. The van der Waals surface area contributed by atoms with Gasteiger partial charge in [-0.3, -0.25) is 0 Å². The molecule has 0 fully saturated rings. The normalized spacial score (nSPS) is 11.8. The number of ether oxygens (including phenoxy) is 3. The molecule has 0 spiro atoms. The Morgan fingerprint density at radius 3 is 2.29 bits per heavy atom. The molecule has 0 aliphatic heterocycles. The van der Waals surface area contributed by atoms with Gasteiger partial charge in [0.1, 0.15) is 5.75 Å². The van der Waals surface area contributed by atoms with Gasteiger partial charge in [-0.15, -0.1) is 0 Å². The fourth-order valence-electron chi connectivity index (χ4n) is 2.45. The lowest BCUT2D eigenvalue weighted by Crippen LogP contribution is -2.06. The molecule has 0 saturated heterocycles. The number of methoxy groups -OCH3 is 1. The summed E-state index contributed by atoms with van der Waals surface area (Å²) in [6.45, 7) is 7.72. The summed E-state index contributed by atoms with van der Waals surface area (Å²) < 4.78 is 16.9. The van der Waals surface area contributed by atoms with Crippen LogP contribution in [0.25, 0.3) is 0 Å². The zero-order valence-electron chi connectivity index (χ0n) is 15.2. The summed E-state index contributed by atoms with van der Waals surface area (Å²) in [6.07, 6.45) is 1.98. The van der Waals surface area contributed by atoms with Crippen molar-refractivity contribution in [3.05, 3.63) is 53.6 Å². The summed E-state index contributed by atoms with van der Waals surface area (Å²) in [6, 6.07) is 14.3. The Morgan fingerprint density at radius 2 is 1.62 bits per heavy atom. The third kappa shape index (κ3) is 5.19. The van der Waals surface area contributed by atoms with Gasteiger partial charge in [-0.2, -0.15) is 0 Å². The second kappa shape index (κ2) is 9.21. The average molecular weight is 328 g/mol. The van der Waals surface area contributed by atoms with Crippen molar-refractivity contribution in [1.82, 2.24) is 0 Å². The van der Waals surface area contributed by atoms with Gasteiger partial charge in [-0.1, -0.05) is 32.0 Å². The van der Waals surface area contributed by atoms with Gasteiger partial charge in [0.2, 0.25) is 0 Å². The van der Waals surface area contributed by atoms with Crippen LogP contribution in [-0.2, 0) is 0 Å². The first-order valence-electron chi connectivity index (χ1n) is 8.64. The highest BCUT2D eigenvalue weighted by molar-refractivity contribution is 5.42. The molecule has 1 unspecified atom stereocenters. The monoisotopic (exact) mass is 328 g/mol. The highest BCUT2D eigenvalue weighted by atomic mass is 16.5. The van der Waals surface area contributed by atoms with Crippen molar-refractivity contribution < 1.29 is 14.2 Å². The summed E-state index contributed by atoms with van der Waals surface area (Å²) in [5.41, 5.74) is 2.52. The summed E-state index contributed by atoms with van der Waals surface area (Å²) in [7, 11) is 1.66. The van der Waals surface area contributed by atoms with Crippen molar-refractivity contribution in [2.45, 2.75) is 39.5 Å². The van der Waals surface area contributed by atoms with E-state index in [-0.39, 0.29) is 0 Å². The van der Waals surface area contributed by atoms with E-state index in [1.807, 2.05) is 37.3 Å². The largest absolute Gasteiger partial charge is 0.493 e. The second-order valence-electron chi connectivity index (χ2n) is 6.08. The predicted octanol–water partition coefficient (Wildman–Crippen LogP) is 5.37. The Morgan fingerprint density at radius 1 is 0.917 bits per heavy atom. The topological polar surface area (TPSA) is 27.7 Å². The third-order valence-corrected chi connectivity index (χ3v) is 4.20. The van der Waals surface area contributed by atoms with Crippen LogP contribution < -0.4 is 14.2 Å². The van der Waals surface area contributed by atoms with Gasteiger partial charge in [0, 0.05) is 6.42 Å². The number of benzene rings is 2. The van der Waals surface area contributed by atoms with Crippen molar-refractivity contribution in [2.24, 2.45) is 0 Å². The molecule has 0 aliphatic rings. The smallest absolute Gasteiger partial charge is 0.161 e. The molecule has 0 N–H and O–H groups in total. The first-order valence-corrected chi connectivity index (χ1v) is 8.64. The Bertz CT molecular complexity index is 619. The highest BCUT2D eigenvalue weighted by Crippen LogP contribution is 2.27. The predicted molar refractivity (Wildman–Crippen MR) is 98.5 cm³/mol. The molecular weight excluding hydrogens is 300 g/mol. The van der Waals surface area contributed by atoms with E-state index in [4.69, 9.17) is 14.2 Å². The number of hydrogen-bond donors (Lipinski definition) is 0. The van der Waals surface area contributed by atoms with Gasteiger partial charge in [-0.05, 0) is 54.7 Å². The van der Waals surface area contributed by atoms with Crippen LogP contribution in [-0.4, -0.2) is 20.3 Å². The Labute approximate surface area is 145 Å². The number of hydrogen-bond acceptors (Lipinski definition) is 3. The maximum Gasteiger partial charge on any atom is 0.161 e. The minimum absolute atomic E-state index is 0.594. The first-order chi connectivity index (χ1) is 11.6. The third-order valence-electron chi connectivity index (χ3n) is 4.20. The van der Waals surface area contributed by atoms with Crippen molar-refractivity contribution >= 4 is 0 Å². The maximum atomic E-state index is 5.78. The zero-order chi connectivity index (χ0) is 17.4. The standard InChI is InChI=1S/C21H28O3/c1-5-17(3)18-8-10-19(11-9-18)23-13-6-14-24-20-12-7-16(2)15-21(20)22-4/h7-12,15,17H,5-6,13-14H2,1-4H3. The molecular formula is C21H28O3. The lowest BCUT2D eigenvalue weighted by atomic mass is 9.99. The van der Waals surface area contributed by atoms with Crippen LogP contribution in [0.1, 0.15) is 43.7 Å². The van der Waals surface area contributed by atoms with Gasteiger partial charge < -0.3 is 14.2 Å². The minimum atomic E-state index is 0.594. The molecule has 130 valence electrons. The zero-order valence-corrected chi connectivity index (χ0v) is 15.2. The molecule has 3 heteroatoms. The highest BCUT2D eigenvalue weighted by Gasteiger charge is 2.05. The van der Waals surface area contributed by atoms with E-state index < -0.39 is 0 Å². The molecule has 0 radical (unpaired) electrons. The Kier molecular flexibility index (Phi) is 6.98. The molecule has 0 aromatic heterocycles. The van der Waals surface area contributed by atoms with Crippen LogP contribution in [0.4, 0.5) is 0 Å². The van der Waals surface area contributed by atoms with E-state index in [9.17, 15) is 0 Å². The lowest BCUT2D eigenvalue weighted by Gasteiger charge is -2.12. The van der Waals surface area contributed by atoms with E-state index in [1.165, 1.54) is 5.56 Å². The molecule has 3 nitrogen and oxygen atoms in total. The summed E-state index contributed by atoms with van der Waals surface area (Å²) in [5, 5.41) is 0. The second-order valence-corrected chi connectivity index (χ2v) is 6.08. The van der Waals surface area contributed by atoms with Crippen LogP contribution >= 0.6 is 0 Å². The van der Waals surface area contributed by atoms with E-state index in [1.54, 1.807) is 7.11 Å². The molecule has 1 atom stereocenters. The molecule has 2 rings (SSSR count). The van der Waals surface area contributed by atoms with Gasteiger partial charge in [0.15, 0.2) is 11.5 Å². The lowest BCUT2D eigenvalue weighted by molar-refractivity contribution is 0.240. The summed E-state index contributed by atoms with van der Waals surface area (Å²) >= 11 is 0. The van der Waals surface area contributed by atoms with Crippen LogP contribution in [0.3, 0.4) is 0 Å². The average Bonchev–Trinajstić information content (AvgIpc) is 2.62. The van der Waals surface area contributed by atoms with Gasteiger partial charge in [0.25, 0.3) is 0 Å². The maximum absolute atomic E-state index is 5.78. The molecule has 2 aromatic carbocycles. The van der Waals surface area contributed by atoms with Gasteiger partial charge in [-0.25, -0.2) is 0 Å². The molecule has 0 saturated carbocycles. The Balaban J connectivity index is 1.73. The van der Waals surface area contributed by atoms with Crippen molar-refractivity contribution in [2.75, 3.05) is 20.3 Å². The quantitative estimate of drug-likeness (QED) is 0.580. The summed E-state index contributed by atoms with van der Waals surface area (Å²) in [4.78, 5) is 0. The van der Waals surface area contributed by atoms with Crippen LogP contribution in [0.5, 0.6) is 17.2 Å². The molecule has 0 heterocycles. The van der Waals surface area contributed by atoms with Crippen molar-refractivity contribution in [3.8, 4) is 17.2 Å². The van der Waals surface area contributed by atoms with Gasteiger partial charge >= 0.3 is 0 Å². The van der Waals surface area contributed by atoms with Crippen LogP contribution in [0.15, 0.2) is 42.5 Å². The number of aryl methyl sites for hydroxylation is 1. The van der Waals surface area contributed by atoms with Crippen molar-refractivity contribution in [1.29, 1.82) is 0 Å². The molecule has 24 heavy (non-hydrogen) atoms. The molecule has 2 aromatic rings. The summed E-state index contributed by atoms with van der Waals surface area (Å²) in [5.74, 6) is 3.06. The van der Waals surface area contributed by atoms with E-state index in [2.05, 4.69) is 26.0 Å². The molecule has 0 aliphatic carbocycles. The Hall–Kier alpha value is -2.16. The van der Waals surface area contributed by atoms with Crippen molar-refractivity contribution in [3.63, 3.8) is 0 Å². The van der Waals surface area contributed by atoms with E-state index in [0.717, 1.165) is 35.7 Å². The van der Waals surface area contributed by atoms with E-state index >= 15 is 0 Å². The molecule has 0 bridgehead atoms. The van der Waals surface area contributed by atoms with Crippen LogP contribution in [0.2, 0.25) is 0 Å². The fourth-order valence-corrected chi connectivity index (χ4v) is 2.45. The SMILES string of the molecule is CCC(C)c1ccc(OCCCOc2ccc(C)cc2OC)cc1. The van der Waals surface area contributed by atoms with Crippen LogP contribution in [0, 0.1) is 6.92 Å². The van der Waals surface area contributed by atoms with E-state index in [0.29, 0.717) is 19.1 Å². The fraction of sp³-hybridized carbons (Fsp3) is 0.429. The van der Waals surface area contributed by atoms with Gasteiger partial charge in [0.05, 0.1) is 20.3 Å². The number of rotatable bonds is 9.